The Balaban J connectivity index is 2.27. The second-order valence-corrected chi connectivity index (χ2v) is 6.72. The van der Waals surface area contributed by atoms with Gasteiger partial charge in [-0.05, 0) is 51.0 Å². The molecular formula is C16H20BrN3. The highest BCUT2D eigenvalue weighted by Crippen LogP contribution is 2.25. The van der Waals surface area contributed by atoms with Crippen molar-refractivity contribution < 1.29 is 0 Å². The van der Waals surface area contributed by atoms with E-state index in [0.29, 0.717) is 0 Å². The average molecular weight is 334 g/mol. The van der Waals surface area contributed by atoms with Crippen molar-refractivity contribution in [3.8, 4) is 11.3 Å². The molecule has 1 aromatic carbocycles. The molecule has 0 bridgehead atoms. The summed E-state index contributed by atoms with van der Waals surface area (Å²) in [6.07, 6.45) is 3.49. The molecule has 4 heteroatoms. The van der Waals surface area contributed by atoms with Gasteiger partial charge in [-0.15, -0.1) is 0 Å². The Morgan fingerprint density at radius 1 is 1.25 bits per heavy atom. The first-order valence-electron chi connectivity index (χ1n) is 6.72. The highest BCUT2D eigenvalue weighted by atomic mass is 79.9. The van der Waals surface area contributed by atoms with Gasteiger partial charge >= 0.3 is 0 Å². The maximum Gasteiger partial charge on any atom is 0.129 e. The molecule has 2 aromatic rings. The lowest BCUT2D eigenvalue weighted by atomic mass is 10.00. The van der Waals surface area contributed by atoms with Gasteiger partial charge in [0.25, 0.3) is 0 Å². The van der Waals surface area contributed by atoms with Crippen molar-refractivity contribution >= 4 is 15.9 Å². The second-order valence-electron chi connectivity index (χ2n) is 5.81. The molecule has 0 radical (unpaired) electrons. The van der Waals surface area contributed by atoms with Crippen LogP contribution in [0.5, 0.6) is 0 Å². The van der Waals surface area contributed by atoms with Crippen LogP contribution in [0.1, 0.15) is 31.7 Å². The van der Waals surface area contributed by atoms with E-state index in [4.69, 9.17) is 5.73 Å². The molecule has 0 unspecified atom stereocenters. The Hall–Kier alpha value is -1.26. The molecule has 0 atom stereocenters. The third-order valence-corrected chi connectivity index (χ3v) is 3.67. The number of rotatable bonds is 4. The minimum absolute atomic E-state index is 0.189. The van der Waals surface area contributed by atoms with Crippen LogP contribution in [0.2, 0.25) is 0 Å². The monoisotopic (exact) mass is 333 g/mol. The SMILES string of the molecule is Cc1ccc(Br)cc1-c1ccnc(CCC(C)(C)N)n1. The molecule has 0 aliphatic rings. The fourth-order valence-electron chi connectivity index (χ4n) is 1.97. The van der Waals surface area contributed by atoms with Crippen LogP contribution in [-0.2, 0) is 6.42 Å². The third-order valence-electron chi connectivity index (χ3n) is 3.17. The average Bonchev–Trinajstić information content (AvgIpc) is 2.39. The van der Waals surface area contributed by atoms with Gasteiger partial charge in [0.05, 0.1) is 5.69 Å². The summed E-state index contributed by atoms with van der Waals surface area (Å²) in [5.74, 6) is 0.848. The number of aromatic nitrogens is 2. The van der Waals surface area contributed by atoms with Crippen LogP contribution in [0.15, 0.2) is 34.9 Å². The molecule has 106 valence electrons. The number of benzene rings is 1. The van der Waals surface area contributed by atoms with E-state index in [9.17, 15) is 0 Å². The maximum absolute atomic E-state index is 6.01. The Bertz CT molecular complexity index is 603. The molecule has 20 heavy (non-hydrogen) atoms. The highest BCUT2D eigenvalue weighted by Gasteiger charge is 2.12. The maximum atomic E-state index is 6.01. The molecular weight excluding hydrogens is 314 g/mol. The summed E-state index contributed by atoms with van der Waals surface area (Å²) < 4.78 is 1.06. The van der Waals surface area contributed by atoms with Crippen molar-refractivity contribution in [3.63, 3.8) is 0 Å². The molecule has 1 heterocycles. The van der Waals surface area contributed by atoms with Crippen molar-refractivity contribution in [1.82, 2.24) is 9.97 Å². The summed E-state index contributed by atoms with van der Waals surface area (Å²) in [6.45, 7) is 6.14. The van der Waals surface area contributed by atoms with Gasteiger partial charge in [0.2, 0.25) is 0 Å². The molecule has 0 fully saturated rings. The second kappa shape index (κ2) is 6.02. The van der Waals surface area contributed by atoms with Crippen LogP contribution in [0, 0.1) is 6.92 Å². The lowest BCUT2D eigenvalue weighted by molar-refractivity contribution is 0.471. The van der Waals surface area contributed by atoms with Gasteiger partial charge in [-0.2, -0.15) is 0 Å². The van der Waals surface area contributed by atoms with Crippen molar-refractivity contribution in [2.45, 2.75) is 39.2 Å². The van der Waals surface area contributed by atoms with Crippen LogP contribution in [0.25, 0.3) is 11.3 Å². The summed E-state index contributed by atoms with van der Waals surface area (Å²) in [5.41, 5.74) is 9.13. The highest BCUT2D eigenvalue weighted by molar-refractivity contribution is 9.10. The fourth-order valence-corrected chi connectivity index (χ4v) is 2.33. The van der Waals surface area contributed by atoms with Gasteiger partial charge < -0.3 is 5.73 Å². The molecule has 0 amide bonds. The summed E-state index contributed by atoms with van der Waals surface area (Å²) >= 11 is 3.51. The molecule has 2 rings (SSSR count). The third kappa shape index (κ3) is 4.12. The first-order valence-corrected chi connectivity index (χ1v) is 7.52. The summed E-state index contributed by atoms with van der Waals surface area (Å²) in [7, 11) is 0. The van der Waals surface area contributed by atoms with Gasteiger partial charge in [-0.3, -0.25) is 0 Å². The number of hydrogen-bond acceptors (Lipinski definition) is 3. The molecule has 0 spiro atoms. The first-order chi connectivity index (χ1) is 9.35. The predicted molar refractivity (Wildman–Crippen MR) is 86.5 cm³/mol. The van der Waals surface area contributed by atoms with Crippen molar-refractivity contribution in [1.29, 1.82) is 0 Å². The minimum Gasteiger partial charge on any atom is -0.326 e. The van der Waals surface area contributed by atoms with E-state index in [-0.39, 0.29) is 5.54 Å². The van der Waals surface area contributed by atoms with Crippen molar-refractivity contribution in [2.24, 2.45) is 5.73 Å². The molecule has 1 aromatic heterocycles. The Morgan fingerprint density at radius 2 is 2.00 bits per heavy atom. The van der Waals surface area contributed by atoms with E-state index in [2.05, 4.69) is 45.0 Å². The van der Waals surface area contributed by atoms with Gasteiger partial charge in [-0.1, -0.05) is 22.0 Å². The van der Waals surface area contributed by atoms with E-state index in [1.807, 2.05) is 32.2 Å². The van der Waals surface area contributed by atoms with E-state index in [1.54, 1.807) is 0 Å². The van der Waals surface area contributed by atoms with Gasteiger partial charge in [0.1, 0.15) is 5.82 Å². The summed E-state index contributed by atoms with van der Waals surface area (Å²) in [6, 6.07) is 8.17. The molecule has 0 aliphatic carbocycles. The lowest BCUT2D eigenvalue weighted by Gasteiger charge is -2.17. The van der Waals surface area contributed by atoms with Gasteiger partial charge in [-0.25, -0.2) is 9.97 Å². The Labute approximate surface area is 128 Å². The van der Waals surface area contributed by atoms with Gasteiger partial charge in [0.15, 0.2) is 0 Å². The zero-order valence-electron chi connectivity index (χ0n) is 12.2. The van der Waals surface area contributed by atoms with E-state index in [1.165, 1.54) is 5.56 Å². The molecule has 0 saturated heterocycles. The van der Waals surface area contributed by atoms with Crippen LogP contribution < -0.4 is 5.73 Å². The first kappa shape index (κ1) is 15.1. The Morgan fingerprint density at radius 3 is 2.70 bits per heavy atom. The number of hydrogen-bond donors (Lipinski definition) is 1. The van der Waals surface area contributed by atoms with E-state index < -0.39 is 0 Å². The minimum atomic E-state index is -0.189. The predicted octanol–water partition coefficient (Wildman–Crippen LogP) is 3.88. The fraction of sp³-hybridized carbons (Fsp3) is 0.375. The van der Waals surface area contributed by atoms with Crippen LogP contribution in [0.3, 0.4) is 0 Å². The zero-order valence-corrected chi connectivity index (χ0v) is 13.7. The van der Waals surface area contributed by atoms with E-state index in [0.717, 1.165) is 34.4 Å². The smallest absolute Gasteiger partial charge is 0.129 e. The van der Waals surface area contributed by atoms with E-state index >= 15 is 0 Å². The van der Waals surface area contributed by atoms with Crippen LogP contribution >= 0.6 is 15.9 Å². The zero-order chi connectivity index (χ0) is 14.8. The normalized spacial score (nSPS) is 11.7. The summed E-state index contributed by atoms with van der Waals surface area (Å²) in [4.78, 5) is 9.00. The Kier molecular flexibility index (Phi) is 4.55. The molecule has 2 N–H and O–H groups in total. The topological polar surface area (TPSA) is 51.8 Å². The number of nitrogens with zero attached hydrogens (tertiary/aromatic N) is 2. The largest absolute Gasteiger partial charge is 0.326 e. The number of nitrogens with two attached hydrogens (primary N) is 1. The molecule has 0 aliphatic heterocycles. The molecule has 0 saturated carbocycles. The standard InChI is InChI=1S/C16H20BrN3/c1-11-4-5-12(17)10-13(11)14-7-9-19-15(20-14)6-8-16(2,3)18/h4-5,7,9-10H,6,8,18H2,1-3H3. The number of halogens is 1. The number of aryl methyl sites for hydroxylation is 2. The quantitative estimate of drug-likeness (QED) is 0.923. The lowest BCUT2D eigenvalue weighted by Crippen LogP contribution is -2.32. The van der Waals surface area contributed by atoms with Crippen molar-refractivity contribution in [2.75, 3.05) is 0 Å². The summed E-state index contributed by atoms with van der Waals surface area (Å²) in [5, 5.41) is 0. The van der Waals surface area contributed by atoms with Crippen molar-refractivity contribution in [3.05, 3.63) is 46.3 Å². The van der Waals surface area contributed by atoms with Gasteiger partial charge in [0, 0.05) is 28.2 Å². The van der Waals surface area contributed by atoms with Crippen LogP contribution in [0.4, 0.5) is 0 Å². The molecule has 3 nitrogen and oxygen atoms in total. The van der Waals surface area contributed by atoms with Crippen LogP contribution in [-0.4, -0.2) is 15.5 Å².